The van der Waals surface area contributed by atoms with Gasteiger partial charge in [0.1, 0.15) is 5.82 Å². The first kappa shape index (κ1) is 13.8. The minimum atomic E-state index is -0.470. The maximum atomic E-state index is 11.1. The summed E-state index contributed by atoms with van der Waals surface area (Å²) in [5.74, 6) is 1.68. The van der Waals surface area contributed by atoms with E-state index in [1.54, 1.807) is 12.1 Å². The van der Waals surface area contributed by atoms with Crippen molar-refractivity contribution in [3.05, 3.63) is 34.1 Å². The quantitative estimate of drug-likeness (QED) is 0.482. The third kappa shape index (κ3) is 2.33. The Balaban J connectivity index is 2.19. The molecule has 2 aromatic rings. The lowest BCUT2D eigenvalue weighted by Crippen LogP contribution is -2.03. The lowest BCUT2D eigenvalue weighted by molar-refractivity contribution is -0.385. The first-order valence-electron chi connectivity index (χ1n) is 6.49. The van der Waals surface area contributed by atoms with Gasteiger partial charge in [0, 0.05) is 12.1 Å². The predicted octanol–water partition coefficient (Wildman–Crippen LogP) is 2.94. The summed E-state index contributed by atoms with van der Waals surface area (Å²) in [5.41, 5.74) is 0.468. The third-order valence-electron chi connectivity index (χ3n) is 3.43. The van der Waals surface area contributed by atoms with Gasteiger partial charge in [-0.3, -0.25) is 10.1 Å². The van der Waals surface area contributed by atoms with Crippen LogP contribution in [0.4, 0.5) is 5.69 Å². The van der Waals surface area contributed by atoms with Crippen molar-refractivity contribution >= 4 is 17.3 Å². The summed E-state index contributed by atoms with van der Waals surface area (Å²) in [4.78, 5) is 10.6. The van der Waals surface area contributed by atoms with Gasteiger partial charge in [0.15, 0.2) is 5.82 Å². The molecule has 1 aromatic heterocycles. The molecule has 0 bridgehead atoms. The van der Waals surface area contributed by atoms with Gasteiger partial charge in [-0.1, -0.05) is 6.07 Å². The predicted molar refractivity (Wildman–Crippen MR) is 76.5 cm³/mol. The van der Waals surface area contributed by atoms with Crippen LogP contribution in [-0.4, -0.2) is 26.8 Å². The van der Waals surface area contributed by atoms with E-state index in [1.807, 2.05) is 4.57 Å². The fourth-order valence-electron chi connectivity index (χ4n) is 2.37. The van der Waals surface area contributed by atoms with Crippen molar-refractivity contribution in [3.8, 4) is 17.1 Å². The summed E-state index contributed by atoms with van der Waals surface area (Å²) in [5, 5.41) is 19.3. The number of methoxy groups -OCH3 is 1. The Morgan fingerprint density at radius 2 is 2.24 bits per heavy atom. The lowest BCUT2D eigenvalue weighted by atomic mass is 10.1. The second kappa shape index (κ2) is 5.33. The van der Waals surface area contributed by atoms with Crippen molar-refractivity contribution in [1.82, 2.24) is 14.8 Å². The molecule has 1 aliphatic carbocycles. The molecule has 110 valence electrons. The van der Waals surface area contributed by atoms with Gasteiger partial charge in [-0.25, -0.2) is 0 Å². The van der Waals surface area contributed by atoms with Crippen LogP contribution in [0.1, 0.15) is 24.7 Å². The highest BCUT2D eigenvalue weighted by Gasteiger charge is 2.31. The first-order valence-corrected chi connectivity index (χ1v) is 7.02. The van der Waals surface area contributed by atoms with E-state index in [-0.39, 0.29) is 17.3 Å². The Morgan fingerprint density at radius 3 is 2.81 bits per heavy atom. The topological polar surface area (TPSA) is 83.1 Å². The van der Waals surface area contributed by atoms with Crippen molar-refractivity contribution in [3.63, 3.8) is 0 Å². The van der Waals surface area contributed by atoms with Gasteiger partial charge in [0.05, 0.1) is 23.5 Å². The summed E-state index contributed by atoms with van der Waals surface area (Å²) in [6.45, 7) is 0. The molecule has 0 saturated heterocycles. The largest absolute Gasteiger partial charge is 0.490 e. The van der Waals surface area contributed by atoms with Crippen LogP contribution in [0.5, 0.6) is 5.75 Å². The molecule has 1 fully saturated rings. The highest BCUT2D eigenvalue weighted by atomic mass is 35.5. The normalized spacial score (nSPS) is 14.2. The molecule has 8 heteroatoms. The summed E-state index contributed by atoms with van der Waals surface area (Å²) in [7, 11) is 1.41. The second-order valence-electron chi connectivity index (χ2n) is 4.79. The van der Waals surface area contributed by atoms with Crippen molar-refractivity contribution in [2.45, 2.75) is 24.8 Å². The van der Waals surface area contributed by atoms with Crippen molar-refractivity contribution in [2.24, 2.45) is 0 Å². The van der Waals surface area contributed by atoms with Crippen molar-refractivity contribution < 1.29 is 9.66 Å². The van der Waals surface area contributed by atoms with E-state index >= 15 is 0 Å². The van der Waals surface area contributed by atoms with Crippen LogP contribution in [0.3, 0.4) is 0 Å². The summed E-state index contributed by atoms with van der Waals surface area (Å²) >= 11 is 5.90. The highest BCUT2D eigenvalue weighted by molar-refractivity contribution is 6.16. The van der Waals surface area contributed by atoms with Gasteiger partial charge in [-0.15, -0.1) is 21.8 Å². The van der Waals surface area contributed by atoms with Crippen LogP contribution >= 0.6 is 11.6 Å². The zero-order chi connectivity index (χ0) is 15.0. The Morgan fingerprint density at radius 1 is 1.48 bits per heavy atom. The number of hydrogen-bond acceptors (Lipinski definition) is 5. The van der Waals surface area contributed by atoms with Gasteiger partial charge in [0.25, 0.3) is 0 Å². The molecule has 0 atom stereocenters. The highest BCUT2D eigenvalue weighted by Crippen LogP contribution is 2.43. The van der Waals surface area contributed by atoms with E-state index in [2.05, 4.69) is 10.2 Å². The standard InChI is InChI=1S/C13H13ClN4O3/c1-21-12-9(3-2-4-10(12)18(19)20)13-16-15-11(7-14)17(13)8-5-6-8/h2-4,8H,5-7H2,1H3. The number of ether oxygens (including phenoxy) is 1. The Hall–Kier alpha value is -2.15. The molecule has 1 aromatic carbocycles. The number of aromatic nitrogens is 3. The molecule has 0 aliphatic heterocycles. The minimum Gasteiger partial charge on any atom is -0.490 e. The number of benzene rings is 1. The summed E-state index contributed by atoms with van der Waals surface area (Å²) in [6, 6.07) is 5.07. The molecule has 0 unspecified atom stereocenters. The monoisotopic (exact) mass is 308 g/mol. The van der Waals surface area contributed by atoms with E-state index < -0.39 is 4.92 Å². The number of nitrogens with zero attached hydrogens (tertiary/aromatic N) is 4. The molecule has 1 aliphatic rings. The Kier molecular flexibility index (Phi) is 3.50. The fraction of sp³-hybridized carbons (Fsp3) is 0.385. The van der Waals surface area contributed by atoms with Crippen molar-refractivity contribution in [1.29, 1.82) is 0 Å². The smallest absolute Gasteiger partial charge is 0.311 e. The van der Waals surface area contributed by atoms with Gasteiger partial charge in [0.2, 0.25) is 5.75 Å². The number of nitro groups is 1. The molecular weight excluding hydrogens is 296 g/mol. The average molecular weight is 309 g/mol. The van der Waals surface area contributed by atoms with E-state index in [1.165, 1.54) is 13.2 Å². The molecule has 0 radical (unpaired) electrons. The van der Waals surface area contributed by atoms with E-state index in [9.17, 15) is 10.1 Å². The van der Waals surface area contributed by atoms with Crippen LogP contribution in [0.25, 0.3) is 11.4 Å². The van der Waals surface area contributed by atoms with E-state index in [0.717, 1.165) is 12.8 Å². The number of rotatable bonds is 5. The van der Waals surface area contributed by atoms with Crippen LogP contribution in [-0.2, 0) is 5.88 Å². The number of halogens is 1. The maximum absolute atomic E-state index is 11.1. The lowest BCUT2D eigenvalue weighted by Gasteiger charge is -2.11. The molecule has 0 spiro atoms. The molecule has 1 saturated carbocycles. The molecule has 3 rings (SSSR count). The number of para-hydroxylation sites is 1. The van der Waals surface area contributed by atoms with E-state index in [0.29, 0.717) is 23.3 Å². The minimum absolute atomic E-state index is 0.0900. The molecule has 0 amide bonds. The second-order valence-corrected chi connectivity index (χ2v) is 5.06. The summed E-state index contributed by atoms with van der Waals surface area (Å²) < 4.78 is 7.19. The molecule has 0 N–H and O–H groups in total. The van der Waals surface area contributed by atoms with E-state index in [4.69, 9.17) is 16.3 Å². The summed E-state index contributed by atoms with van der Waals surface area (Å²) in [6.07, 6.45) is 2.07. The van der Waals surface area contributed by atoms with Crippen molar-refractivity contribution in [2.75, 3.05) is 7.11 Å². The van der Waals surface area contributed by atoms with Gasteiger partial charge < -0.3 is 9.30 Å². The van der Waals surface area contributed by atoms with Crippen LogP contribution < -0.4 is 4.74 Å². The van der Waals surface area contributed by atoms with Gasteiger partial charge in [-0.05, 0) is 18.9 Å². The van der Waals surface area contributed by atoms with Crippen LogP contribution in [0.2, 0.25) is 0 Å². The Labute approximate surface area is 125 Å². The maximum Gasteiger partial charge on any atom is 0.311 e. The first-order chi connectivity index (χ1) is 10.2. The van der Waals surface area contributed by atoms with Gasteiger partial charge >= 0.3 is 5.69 Å². The number of alkyl halides is 1. The fourth-order valence-corrected chi connectivity index (χ4v) is 2.56. The number of hydrogen-bond donors (Lipinski definition) is 0. The van der Waals surface area contributed by atoms with Gasteiger partial charge in [-0.2, -0.15) is 0 Å². The molecule has 21 heavy (non-hydrogen) atoms. The zero-order valence-corrected chi connectivity index (χ0v) is 12.1. The average Bonchev–Trinajstić information content (AvgIpc) is 3.25. The third-order valence-corrected chi connectivity index (χ3v) is 3.67. The molecular formula is C13H13ClN4O3. The SMILES string of the molecule is COc1c(-c2nnc(CCl)n2C2CC2)cccc1[N+](=O)[O-]. The molecule has 1 heterocycles. The Bertz CT molecular complexity index is 697. The number of nitro benzene ring substituents is 1. The zero-order valence-electron chi connectivity index (χ0n) is 11.3. The molecule has 7 nitrogen and oxygen atoms in total. The van der Waals surface area contributed by atoms with Crippen LogP contribution in [0, 0.1) is 10.1 Å². The van der Waals surface area contributed by atoms with Crippen LogP contribution in [0.15, 0.2) is 18.2 Å².